The predicted molar refractivity (Wildman–Crippen MR) is 116 cm³/mol. The number of aromatic carboxylic acids is 1. The van der Waals surface area contributed by atoms with Gasteiger partial charge < -0.3 is 9.84 Å². The first-order chi connectivity index (χ1) is 14.6. The van der Waals surface area contributed by atoms with Gasteiger partial charge in [-0.05, 0) is 78.6 Å². The number of aryl methyl sites for hydroxylation is 1. The van der Waals surface area contributed by atoms with Gasteiger partial charge in [0.1, 0.15) is 11.9 Å². The van der Waals surface area contributed by atoms with Crippen LogP contribution in [0.5, 0.6) is 5.75 Å². The highest BCUT2D eigenvalue weighted by Crippen LogP contribution is 2.33. The van der Waals surface area contributed by atoms with Crippen molar-refractivity contribution < 1.29 is 19.0 Å². The first kappa shape index (κ1) is 20.6. The van der Waals surface area contributed by atoms with E-state index in [0.29, 0.717) is 12.0 Å². The fourth-order valence-electron chi connectivity index (χ4n) is 4.43. The topological polar surface area (TPSA) is 49.8 Å². The molecule has 1 aliphatic carbocycles. The smallest absolute Gasteiger partial charge is 0.335 e. The van der Waals surface area contributed by atoms with E-state index in [2.05, 4.69) is 23.1 Å². The Bertz CT molecular complexity index is 940. The average Bonchev–Trinajstić information content (AvgIpc) is 3.08. The Kier molecular flexibility index (Phi) is 6.48. The fraction of sp³-hybridized carbons (Fsp3) is 0.400. The molecule has 30 heavy (non-hydrogen) atoms. The van der Waals surface area contributed by atoms with Crippen LogP contribution in [-0.2, 0) is 6.42 Å². The number of hydrogen-bond donors (Lipinski definition) is 1. The second-order valence-corrected chi connectivity index (χ2v) is 8.09. The van der Waals surface area contributed by atoms with Crippen LogP contribution >= 0.6 is 0 Å². The average molecular weight is 410 g/mol. The monoisotopic (exact) mass is 409 g/mol. The summed E-state index contributed by atoms with van der Waals surface area (Å²) in [6, 6.07) is 13.6. The molecule has 1 heterocycles. The number of hydrogen-bond acceptors (Lipinski definition) is 3. The van der Waals surface area contributed by atoms with E-state index in [0.717, 1.165) is 73.3 Å². The molecular formula is C25H28FNO3. The third-order valence-corrected chi connectivity index (χ3v) is 5.93. The Morgan fingerprint density at radius 3 is 2.97 bits per heavy atom. The van der Waals surface area contributed by atoms with Gasteiger partial charge in [-0.2, -0.15) is 0 Å². The lowest BCUT2D eigenvalue weighted by Gasteiger charge is -2.17. The zero-order valence-electron chi connectivity index (χ0n) is 17.1. The number of carboxylic acids is 1. The van der Waals surface area contributed by atoms with Crippen molar-refractivity contribution in [2.45, 2.75) is 38.2 Å². The molecule has 1 fully saturated rings. The lowest BCUT2D eigenvalue weighted by molar-refractivity contribution is 0.0696. The molecule has 1 N–H and O–H groups in total. The number of halogens is 1. The van der Waals surface area contributed by atoms with Crippen molar-refractivity contribution in [1.29, 1.82) is 0 Å². The molecule has 1 saturated heterocycles. The lowest BCUT2D eigenvalue weighted by Crippen LogP contribution is -2.26. The Balaban J connectivity index is 1.53. The summed E-state index contributed by atoms with van der Waals surface area (Å²) in [5.74, 6) is -0.0428. The lowest BCUT2D eigenvalue weighted by atomic mass is 9.92. The molecule has 0 aromatic heterocycles. The van der Waals surface area contributed by atoms with Crippen molar-refractivity contribution in [1.82, 2.24) is 4.90 Å². The van der Waals surface area contributed by atoms with Gasteiger partial charge in [0.25, 0.3) is 0 Å². The Morgan fingerprint density at radius 2 is 2.13 bits per heavy atom. The first-order valence-electron chi connectivity index (χ1n) is 10.8. The number of carbonyl (C=O) groups is 1. The van der Waals surface area contributed by atoms with Crippen LogP contribution in [0.4, 0.5) is 4.39 Å². The minimum absolute atomic E-state index is 0.133. The maximum absolute atomic E-state index is 12.4. The summed E-state index contributed by atoms with van der Waals surface area (Å²) in [6.07, 6.45) is 6.77. The minimum Gasteiger partial charge on any atom is -0.489 e. The van der Waals surface area contributed by atoms with Crippen molar-refractivity contribution in [2.75, 3.05) is 26.3 Å². The molecule has 5 heteroatoms. The van der Waals surface area contributed by atoms with Gasteiger partial charge in [0, 0.05) is 19.6 Å². The number of rotatable bonds is 7. The molecule has 1 aliphatic heterocycles. The van der Waals surface area contributed by atoms with Crippen molar-refractivity contribution in [3.8, 4) is 5.75 Å². The van der Waals surface area contributed by atoms with Crippen LogP contribution < -0.4 is 4.74 Å². The molecule has 1 unspecified atom stereocenters. The maximum Gasteiger partial charge on any atom is 0.335 e. The number of likely N-dealkylation sites (tertiary alicyclic amines) is 1. The van der Waals surface area contributed by atoms with Crippen LogP contribution in [0, 0.1) is 0 Å². The van der Waals surface area contributed by atoms with Gasteiger partial charge in [-0.1, -0.05) is 24.3 Å². The van der Waals surface area contributed by atoms with Crippen LogP contribution in [0.1, 0.15) is 52.7 Å². The van der Waals surface area contributed by atoms with Crippen molar-refractivity contribution in [3.63, 3.8) is 0 Å². The first-order valence-corrected chi connectivity index (χ1v) is 10.8. The molecule has 0 saturated carbocycles. The van der Waals surface area contributed by atoms with Gasteiger partial charge in [0.05, 0.1) is 12.2 Å². The molecule has 4 nitrogen and oxygen atoms in total. The maximum atomic E-state index is 12.4. The quantitative estimate of drug-likeness (QED) is 0.702. The van der Waals surface area contributed by atoms with Gasteiger partial charge in [-0.25, -0.2) is 4.79 Å². The molecule has 2 aliphatic rings. The van der Waals surface area contributed by atoms with Gasteiger partial charge in [0.15, 0.2) is 0 Å². The van der Waals surface area contributed by atoms with Gasteiger partial charge in [0.2, 0.25) is 0 Å². The molecule has 0 radical (unpaired) electrons. The standard InChI is InChI=1S/C25H28FNO3/c26-12-4-13-27-14-11-22(17-27)30-21-7-3-6-19(16-21)23-8-2-1-5-18-15-20(25(28)29)9-10-24(18)23/h3,6-10,15-16,22H,1-2,4-5,11-14,17H2,(H,28,29). The number of benzene rings is 2. The van der Waals surface area contributed by atoms with Gasteiger partial charge >= 0.3 is 5.97 Å². The highest BCUT2D eigenvalue weighted by molar-refractivity contribution is 5.90. The Labute approximate surface area is 177 Å². The Morgan fingerprint density at radius 1 is 1.23 bits per heavy atom. The highest BCUT2D eigenvalue weighted by atomic mass is 19.1. The SMILES string of the molecule is O=C(O)c1ccc2c(c1)CCCC=C2c1cccc(OC2CCN(CCCF)C2)c1. The van der Waals surface area contributed by atoms with Crippen LogP contribution in [0.3, 0.4) is 0 Å². The van der Waals surface area contributed by atoms with E-state index in [1.54, 1.807) is 6.07 Å². The molecular weight excluding hydrogens is 381 g/mol. The zero-order valence-corrected chi connectivity index (χ0v) is 17.1. The molecule has 2 aromatic rings. The minimum atomic E-state index is -0.889. The molecule has 0 spiro atoms. The molecule has 0 bridgehead atoms. The van der Waals surface area contributed by atoms with Crippen molar-refractivity contribution in [2.24, 2.45) is 0 Å². The molecule has 2 aromatic carbocycles. The van der Waals surface area contributed by atoms with Gasteiger partial charge in [-0.15, -0.1) is 0 Å². The van der Waals surface area contributed by atoms with E-state index in [1.807, 2.05) is 24.3 Å². The second kappa shape index (κ2) is 9.43. The van der Waals surface area contributed by atoms with E-state index < -0.39 is 5.97 Å². The third kappa shape index (κ3) is 4.73. The molecule has 0 amide bonds. The molecule has 1 atom stereocenters. The predicted octanol–water partition coefficient (Wildman–Crippen LogP) is 4.97. The summed E-state index contributed by atoms with van der Waals surface area (Å²) in [7, 11) is 0. The third-order valence-electron chi connectivity index (χ3n) is 5.93. The summed E-state index contributed by atoms with van der Waals surface area (Å²) < 4.78 is 18.7. The number of nitrogens with zero attached hydrogens (tertiary/aromatic N) is 1. The summed E-state index contributed by atoms with van der Waals surface area (Å²) in [5, 5.41) is 9.33. The van der Waals surface area contributed by atoms with E-state index >= 15 is 0 Å². The zero-order chi connectivity index (χ0) is 20.9. The molecule has 4 rings (SSSR count). The summed E-state index contributed by atoms with van der Waals surface area (Å²) in [4.78, 5) is 13.6. The normalized spacial score (nSPS) is 19.1. The number of allylic oxidation sites excluding steroid dienone is 1. The number of ether oxygens (including phenoxy) is 1. The Hall–Kier alpha value is -2.66. The van der Waals surface area contributed by atoms with E-state index in [-0.39, 0.29) is 12.8 Å². The van der Waals surface area contributed by atoms with Crippen LogP contribution in [0.2, 0.25) is 0 Å². The van der Waals surface area contributed by atoms with E-state index in [9.17, 15) is 14.3 Å². The highest BCUT2D eigenvalue weighted by Gasteiger charge is 2.24. The van der Waals surface area contributed by atoms with E-state index in [1.165, 1.54) is 0 Å². The van der Waals surface area contributed by atoms with Crippen LogP contribution in [-0.4, -0.2) is 48.4 Å². The van der Waals surface area contributed by atoms with Crippen LogP contribution in [0.25, 0.3) is 5.57 Å². The fourth-order valence-corrected chi connectivity index (χ4v) is 4.43. The number of alkyl halides is 1. The van der Waals surface area contributed by atoms with E-state index in [4.69, 9.17) is 4.74 Å². The van der Waals surface area contributed by atoms with Gasteiger partial charge in [-0.3, -0.25) is 9.29 Å². The number of fused-ring (bicyclic) bond motifs is 1. The van der Waals surface area contributed by atoms with Crippen molar-refractivity contribution in [3.05, 3.63) is 70.8 Å². The summed E-state index contributed by atoms with van der Waals surface area (Å²) >= 11 is 0. The summed E-state index contributed by atoms with van der Waals surface area (Å²) in [5.41, 5.74) is 4.76. The molecule has 158 valence electrons. The largest absolute Gasteiger partial charge is 0.489 e. The summed E-state index contributed by atoms with van der Waals surface area (Å²) in [6.45, 7) is 2.32. The second-order valence-electron chi connectivity index (χ2n) is 8.09. The van der Waals surface area contributed by atoms with Crippen molar-refractivity contribution >= 4 is 11.5 Å². The number of carboxylic acid groups (broad SMARTS) is 1. The van der Waals surface area contributed by atoms with Crippen LogP contribution in [0.15, 0.2) is 48.5 Å².